The molecule has 128 valence electrons. The zero-order chi connectivity index (χ0) is 17.1. The first kappa shape index (κ1) is 16.8. The van der Waals surface area contributed by atoms with Crippen LogP contribution in [0.5, 0.6) is 5.75 Å². The number of phenolic OH excluding ortho intramolecular Hbond substituents is 1. The van der Waals surface area contributed by atoms with Crippen LogP contribution in [0.3, 0.4) is 0 Å². The largest absolute Gasteiger partial charge is 0.508 e. The van der Waals surface area contributed by atoms with Gasteiger partial charge in [-0.2, -0.15) is 0 Å². The number of likely N-dealkylation sites (tertiary alicyclic amines) is 1. The monoisotopic (exact) mass is 345 g/mol. The van der Waals surface area contributed by atoms with Gasteiger partial charge in [-0.1, -0.05) is 23.5 Å². The van der Waals surface area contributed by atoms with Gasteiger partial charge in [0.25, 0.3) is 5.91 Å². The van der Waals surface area contributed by atoms with Crippen LogP contribution < -0.4 is 5.73 Å². The number of phenols is 1. The molecule has 3 N–H and O–H groups in total. The smallest absolute Gasteiger partial charge is 0.266 e. The number of aryl methyl sites for hydroxylation is 2. The highest BCUT2D eigenvalue weighted by atomic mass is 32.1. The van der Waals surface area contributed by atoms with Crippen molar-refractivity contribution in [2.45, 2.75) is 45.1 Å². The van der Waals surface area contributed by atoms with Gasteiger partial charge in [-0.15, -0.1) is 0 Å². The van der Waals surface area contributed by atoms with Crippen molar-refractivity contribution in [2.75, 3.05) is 12.3 Å². The first-order valence-electron chi connectivity index (χ1n) is 8.36. The predicted octanol–water partition coefficient (Wildman–Crippen LogP) is 3.37. The van der Waals surface area contributed by atoms with Crippen molar-refractivity contribution in [3.63, 3.8) is 0 Å². The minimum atomic E-state index is 0.0577. The lowest BCUT2D eigenvalue weighted by Gasteiger charge is -2.35. The van der Waals surface area contributed by atoms with Crippen molar-refractivity contribution < 1.29 is 9.90 Å². The van der Waals surface area contributed by atoms with Crippen LogP contribution in [0.25, 0.3) is 0 Å². The Labute approximate surface area is 146 Å². The first-order chi connectivity index (χ1) is 11.5. The molecule has 5 nitrogen and oxygen atoms in total. The number of thiazole rings is 1. The number of aromatic hydroxyl groups is 1. The Balaban J connectivity index is 1.71. The molecule has 0 saturated carbocycles. The molecular formula is C18H23N3O2S. The molecule has 6 heteroatoms. The van der Waals surface area contributed by atoms with Crippen LogP contribution in [0.1, 0.15) is 46.6 Å². The number of nitrogens with zero attached hydrogens (tertiary/aromatic N) is 2. The Kier molecular flexibility index (Phi) is 5.04. The average molecular weight is 345 g/mol. The van der Waals surface area contributed by atoms with Crippen molar-refractivity contribution >= 4 is 22.4 Å². The molecular weight excluding hydrogens is 322 g/mol. The number of nitrogens with two attached hydrogens (primary N) is 1. The van der Waals surface area contributed by atoms with Crippen molar-refractivity contribution in [2.24, 2.45) is 0 Å². The summed E-state index contributed by atoms with van der Waals surface area (Å²) in [6.07, 6.45) is 4.98. The number of nitrogen functional groups attached to an aromatic ring is 1. The maximum atomic E-state index is 12.9. The number of amides is 1. The number of anilines is 1. The van der Waals surface area contributed by atoms with Crippen LogP contribution in [0.2, 0.25) is 0 Å². The second-order valence-corrected chi connectivity index (χ2v) is 7.35. The minimum Gasteiger partial charge on any atom is -0.508 e. The molecule has 0 spiro atoms. The highest BCUT2D eigenvalue weighted by Gasteiger charge is 2.29. The van der Waals surface area contributed by atoms with E-state index in [0.29, 0.717) is 15.8 Å². The molecule has 1 aliphatic heterocycles. The van der Waals surface area contributed by atoms with E-state index in [1.54, 1.807) is 12.1 Å². The lowest BCUT2D eigenvalue weighted by molar-refractivity contribution is 0.0606. The summed E-state index contributed by atoms with van der Waals surface area (Å²) in [6.45, 7) is 2.63. The fraction of sp³-hybridized carbons (Fsp3) is 0.444. The summed E-state index contributed by atoms with van der Waals surface area (Å²) in [5.74, 6) is 0.349. The van der Waals surface area contributed by atoms with E-state index in [9.17, 15) is 9.90 Å². The number of hydrogen-bond acceptors (Lipinski definition) is 5. The van der Waals surface area contributed by atoms with Gasteiger partial charge in [0.2, 0.25) is 0 Å². The van der Waals surface area contributed by atoms with Crippen LogP contribution in [-0.4, -0.2) is 33.5 Å². The van der Waals surface area contributed by atoms with E-state index < -0.39 is 0 Å². The Morgan fingerprint density at radius 3 is 3.00 bits per heavy atom. The Bertz CT molecular complexity index is 729. The fourth-order valence-corrected chi connectivity index (χ4v) is 4.15. The van der Waals surface area contributed by atoms with Gasteiger partial charge < -0.3 is 15.7 Å². The van der Waals surface area contributed by atoms with Gasteiger partial charge in [0.05, 0.1) is 5.69 Å². The molecule has 3 rings (SSSR count). The highest BCUT2D eigenvalue weighted by Crippen LogP contribution is 2.28. The average Bonchev–Trinajstić information content (AvgIpc) is 2.91. The Morgan fingerprint density at radius 2 is 2.29 bits per heavy atom. The van der Waals surface area contributed by atoms with Gasteiger partial charge in [-0.3, -0.25) is 4.79 Å². The number of benzene rings is 1. The van der Waals surface area contributed by atoms with E-state index in [1.807, 2.05) is 24.0 Å². The third-order valence-electron chi connectivity index (χ3n) is 4.57. The molecule has 1 fully saturated rings. The Hall–Kier alpha value is -2.08. The summed E-state index contributed by atoms with van der Waals surface area (Å²) < 4.78 is 0. The molecule has 0 aliphatic carbocycles. The van der Waals surface area contributed by atoms with E-state index in [0.717, 1.165) is 49.9 Å². The Morgan fingerprint density at radius 1 is 1.46 bits per heavy atom. The van der Waals surface area contributed by atoms with Crippen LogP contribution >= 0.6 is 11.3 Å². The van der Waals surface area contributed by atoms with Crippen LogP contribution in [-0.2, 0) is 6.42 Å². The van der Waals surface area contributed by atoms with Gasteiger partial charge in [-0.05, 0) is 56.7 Å². The number of rotatable bonds is 4. The molecule has 1 aliphatic rings. The third-order valence-corrected chi connectivity index (χ3v) is 5.55. The molecule has 1 saturated heterocycles. The molecule has 1 atom stereocenters. The van der Waals surface area contributed by atoms with E-state index in [2.05, 4.69) is 4.98 Å². The zero-order valence-electron chi connectivity index (χ0n) is 13.9. The summed E-state index contributed by atoms with van der Waals surface area (Å²) in [5.41, 5.74) is 7.57. The van der Waals surface area contributed by atoms with Crippen molar-refractivity contribution in [3.8, 4) is 5.75 Å². The number of carbonyl (C=O) groups is 1. The van der Waals surface area contributed by atoms with Gasteiger partial charge >= 0.3 is 0 Å². The van der Waals surface area contributed by atoms with Gasteiger partial charge in [0.15, 0.2) is 5.13 Å². The lowest BCUT2D eigenvalue weighted by Crippen LogP contribution is -2.43. The molecule has 1 aromatic heterocycles. The highest BCUT2D eigenvalue weighted by molar-refractivity contribution is 7.17. The van der Waals surface area contributed by atoms with Crippen molar-refractivity contribution in [1.82, 2.24) is 9.88 Å². The van der Waals surface area contributed by atoms with Crippen LogP contribution in [0.4, 0.5) is 5.13 Å². The maximum absolute atomic E-state index is 12.9. The van der Waals surface area contributed by atoms with Gasteiger partial charge in [-0.25, -0.2) is 4.98 Å². The minimum absolute atomic E-state index is 0.0577. The molecule has 2 aromatic rings. The SMILES string of the molecule is Cc1nc(N)sc1C(=O)N1CCCC[C@@H]1CCc1cccc(O)c1. The van der Waals surface area contributed by atoms with Crippen LogP contribution in [0.15, 0.2) is 24.3 Å². The molecule has 1 aromatic carbocycles. The fourth-order valence-electron chi connectivity index (χ4n) is 3.36. The molecule has 1 amide bonds. The molecule has 0 radical (unpaired) electrons. The van der Waals surface area contributed by atoms with Crippen molar-refractivity contribution in [3.05, 3.63) is 40.4 Å². The maximum Gasteiger partial charge on any atom is 0.266 e. The zero-order valence-corrected chi connectivity index (χ0v) is 14.7. The predicted molar refractivity (Wildman–Crippen MR) is 96.4 cm³/mol. The van der Waals surface area contributed by atoms with Crippen molar-refractivity contribution in [1.29, 1.82) is 0 Å². The number of hydrogen-bond donors (Lipinski definition) is 2. The molecule has 0 bridgehead atoms. The molecule has 24 heavy (non-hydrogen) atoms. The second-order valence-electron chi connectivity index (χ2n) is 6.32. The number of aromatic nitrogens is 1. The summed E-state index contributed by atoms with van der Waals surface area (Å²) in [4.78, 5) is 19.7. The topological polar surface area (TPSA) is 79.5 Å². The van der Waals surface area contributed by atoms with Gasteiger partial charge in [0.1, 0.15) is 10.6 Å². The third kappa shape index (κ3) is 3.70. The summed E-state index contributed by atoms with van der Waals surface area (Å²) in [5, 5.41) is 10.0. The normalized spacial score (nSPS) is 17.9. The standard InChI is InChI=1S/C18H23N3O2S/c1-12-16(24-18(19)20-12)17(23)21-10-3-2-6-14(21)9-8-13-5-4-7-15(22)11-13/h4-5,7,11,14,22H,2-3,6,8-10H2,1H3,(H2,19,20)/t14-/m1/s1. The number of piperidine rings is 1. The second kappa shape index (κ2) is 7.21. The van der Waals surface area contributed by atoms with Gasteiger partial charge in [0, 0.05) is 12.6 Å². The van der Waals surface area contributed by atoms with E-state index in [1.165, 1.54) is 11.3 Å². The first-order valence-corrected chi connectivity index (χ1v) is 9.18. The summed E-state index contributed by atoms with van der Waals surface area (Å²) in [7, 11) is 0. The van der Waals surface area contributed by atoms with E-state index in [-0.39, 0.29) is 11.9 Å². The van der Waals surface area contributed by atoms with E-state index >= 15 is 0 Å². The van der Waals surface area contributed by atoms with Crippen LogP contribution in [0, 0.1) is 6.92 Å². The summed E-state index contributed by atoms with van der Waals surface area (Å²) >= 11 is 1.28. The summed E-state index contributed by atoms with van der Waals surface area (Å²) in [6, 6.07) is 7.58. The molecule has 0 unspecified atom stereocenters. The number of carbonyl (C=O) groups excluding carboxylic acids is 1. The lowest BCUT2D eigenvalue weighted by atomic mass is 9.95. The van der Waals surface area contributed by atoms with E-state index in [4.69, 9.17) is 5.73 Å². The molecule has 2 heterocycles. The quantitative estimate of drug-likeness (QED) is 0.890.